The Morgan fingerprint density at radius 1 is 1.00 bits per heavy atom. The molecule has 0 heterocycles. The van der Waals surface area contributed by atoms with Gasteiger partial charge in [-0.3, -0.25) is 0 Å². The van der Waals surface area contributed by atoms with Gasteiger partial charge in [0.1, 0.15) is 5.75 Å². The molecule has 2 aromatic carbocycles. The Kier molecular flexibility index (Phi) is 5.94. The number of rotatable bonds is 7. The van der Waals surface area contributed by atoms with Crippen molar-refractivity contribution in [1.82, 2.24) is 0 Å². The molecule has 0 spiro atoms. The van der Waals surface area contributed by atoms with E-state index in [0.29, 0.717) is 0 Å². The first kappa shape index (κ1) is 15.7. The van der Waals surface area contributed by atoms with Crippen molar-refractivity contribution in [3.05, 3.63) is 58.6 Å². The number of nitrogens with one attached hydrogen (secondary N) is 1. The van der Waals surface area contributed by atoms with Crippen LogP contribution in [0.5, 0.6) is 5.75 Å². The first-order valence-electron chi connectivity index (χ1n) is 7.35. The molecule has 0 saturated carbocycles. The molecule has 0 unspecified atom stereocenters. The van der Waals surface area contributed by atoms with Crippen LogP contribution in [-0.4, -0.2) is 13.2 Å². The molecule has 0 aliphatic carbocycles. The third kappa shape index (κ3) is 4.98. The monoisotopic (exact) mass is 303 g/mol. The summed E-state index contributed by atoms with van der Waals surface area (Å²) in [6.07, 6.45) is 2.11. The molecule has 2 rings (SSSR count). The highest BCUT2D eigenvalue weighted by atomic mass is 35.5. The van der Waals surface area contributed by atoms with Crippen molar-refractivity contribution in [2.75, 3.05) is 18.5 Å². The number of anilines is 1. The zero-order valence-corrected chi connectivity index (χ0v) is 13.4. The van der Waals surface area contributed by atoms with Gasteiger partial charge in [-0.1, -0.05) is 29.8 Å². The van der Waals surface area contributed by atoms with Gasteiger partial charge in [-0.25, -0.2) is 0 Å². The summed E-state index contributed by atoms with van der Waals surface area (Å²) >= 11 is 5.95. The number of para-hydroxylation sites is 1. The minimum atomic E-state index is 0.756. The van der Waals surface area contributed by atoms with Crippen molar-refractivity contribution in [3.8, 4) is 5.75 Å². The maximum absolute atomic E-state index is 5.95. The molecule has 112 valence electrons. The lowest BCUT2D eigenvalue weighted by Gasteiger charge is -2.11. The highest BCUT2D eigenvalue weighted by Crippen LogP contribution is 2.19. The third-order valence-corrected chi connectivity index (χ3v) is 3.66. The molecule has 0 saturated heterocycles. The van der Waals surface area contributed by atoms with Crippen LogP contribution >= 0.6 is 11.6 Å². The molecule has 3 heteroatoms. The van der Waals surface area contributed by atoms with Crippen LogP contribution in [0.2, 0.25) is 5.02 Å². The second kappa shape index (κ2) is 7.94. The minimum Gasteiger partial charge on any atom is -0.493 e. The molecule has 0 amide bonds. The normalized spacial score (nSPS) is 10.4. The molecule has 0 fully saturated rings. The van der Waals surface area contributed by atoms with Gasteiger partial charge < -0.3 is 10.1 Å². The van der Waals surface area contributed by atoms with Gasteiger partial charge in [0.25, 0.3) is 0 Å². The van der Waals surface area contributed by atoms with Crippen LogP contribution < -0.4 is 10.1 Å². The van der Waals surface area contributed by atoms with Gasteiger partial charge in [0.2, 0.25) is 0 Å². The summed E-state index contributed by atoms with van der Waals surface area (Å²) in [5, 5.41) is 4.22. The first-order valence-corrected chi connectivity index (χ1v) is 7.73. The lowest BCUT2D eigenvalue weighted by Crippen LogP contribution is -2.06. The summed E-state index contributed by atoms with van der Waals surface area (Å²) in [5.41, 5.74) is 3.52. The van der Waals surface area contributed by atoms with Crippen molar-refractivity contribution in [2.45, 2.75) is 26.7 Å². The maximum Gasteiger partial charge on any atom is 0.122 e. The molecule has 1 N–H and O–H groups in total. The Hall–Kier alpha value is -1.67. The summed E-state index contributed by atoms with van der Waals surface area (Å²) in [7, 11) is 0. The summed E-state index contributed by atoms with van der Waals surface area (Å²) in [5.74, 6) is 0.985. The van der Waals surface area contributed by atoms with Gasteiger partial charge in [0.05, 0.1) is 6.61 Å². The van der Waals surface area contributed by atoms with Gasteiger partial charge in [-0.2, -0.15) is 0 Å². The fourth-order valence-electron chi connectivity index (χ4n) is 2.18. The van der Waals surface area contributed by atoms with Gasteiger partial charge in [0.15, 0.2) is 0 Å². The molecule has 21 heavy (non-hydrogen) atoms. The lowest BCUT2D eigenvalue weighted by atomic mass is 10.2. The standard InChI is InChI=1S/C18H22ClNO/c1-14-7-3-4-8-18(14)21-12-6-5-11-20-17-10-9-16(19)13-15(17)2/h3-4,7-10,13,20H,5-6,11-12H2,1-2H3. The molecular formula is C18H22ClNO. The fourth-order valence-corrected chi connectivity index (χ4v) is 2.40. The second-order valence-corrected chi connectivity index (χ2v) is 5.64. The number of unbranched alkanes of at least 4 members (excludes halogenated alkanes) is 1. The van der Waals surface area contributed by atoms with Crippen LogP contribution in [0.4, 0.5) is 5.69 Å². The Bertz CT molecular complexity index is 583. The fraction of sp³-hybridized carbons (Fsp3) is 0.333. The third-order valence-electron chi connectivity index (χ3n) is 3.43. The number of benzene rings is 2. The van der Waals surface area contributed by atoms with Crippen LogP contribution in [0.25, 0.3) is 0 Å². The zero-order chi connectivity index (χ0) is 15.1. The quantitative estimate of drug-likeness (QED) is 0.707. The van der Waals surface area contributed by atoms with Gasteiger partial charge >= 0.3 is 0 Å². The smallest absolute Gasteiger partial charge is 0.122 e. The van der Waals surface area contributed by atoms with E-state index in [4.69, 9.17) is 16.3 Å². The molecule has 2 nitrogen and oxygen atoms in total. The molecular weight excluding hydrogens is 282 g/mol. The number of aryl methyl sites for hydroxylation is 2. The van der Waals surface area contributed by atoms with E-state index in [2.05, 4.69) is 25.2 Å². The van der Waals surface area contributed by atoms with E-state index < -0.39 is 0 Å². The van der Waals surface area contributed by atoms with E-state index in [0.717, 1.165) is 42.5 Å². The minimum absolute atomic E-state index is 0.756. The summed E-state index contributed by atoms with van der Waals surface area (Å²) in [6.45, 7) is 5.83. The molecule has 0 aromatic heterocycles. The van der Waals surface area contributed by atoms with E-state index in [1.54, 1.807) is 0 Å². The SMILES string of the molecule is Cc1cc(Cl)ccc1NCCCCOc1ccccc1C. The van der Waals surface area contributed by atoms with Crippen LogP contribution in [0, 0.1) is 13.8 Å². The van der Waals surface area contributed by atoms with Crippen molar-refractivity contribution in [3.63, 3.8) is 0 Å². The van der Waals surface area contributed by atoms with Crippen molar-refractivity contribution in [1.29, 1.82) is 0 Å². The Morgan fingerprint density at radius 3 is 2.57 bits per heavy atom. The Morgan fingerprint density at radius 2 is 1.81 bits per heavy atom. The van der Waals surface area contributed by atoms with Crippen LogP contribution in [-0.2, 0) is 0 Å². The molecule has 0 atom stereocenters. The molecule has 0 aliphatic rings. The number of ether oxygens (including phenoxy) is 1. The lowest BCUT2D eigenvalue weighted by molar-refractivity contribution is 0.306. The molecule has 2 aromatic rings. The van der Waals surface area contributed by atoms with E-state index >= 15 is 0 Å². The predicted octanol–water partition coefficient (Wildman–Crippen LogP) is 5.23. The van der Waals surface area contributed by atoms with Crippen LogP contribution in [0.15, 0.2) is 42.5 Å². The number of hydrogen-bond donors (Lipinski definition) is 1. The van der Waals surface area contributed by atoms with Crippen molar-refractivity contribution >= 4 is 17.3 Å². The van der Waals surface area contributed by atoms with E-state index in [1.165, 1.54) is 11.1 Å². The highest BCUT2D eigenvalue weighted by Gasteiger charge is 1.99. The van der Waals surface area contributed by atoms with Gasteiger partial charge in [-0.15, -0.1) is 0 Å². The summed E-state index contributed by atoms with van der Waals surface area (Å²) in [4.78, 5) is 0. The van der Waals surface area contributed by atoms with Gasteiger partial charge in [-0.05, 0) is 62.1 Å². The second-order valence-electron chi connectivity index (χ2n) is 5.21. The summed E-state index contributed by atoms with van der Waals surface area (Å²) in [6, 6.07) is 14.0. The predicted molar refractivity (Wildman–Crippen MR) is 90.6 cm³/mol. The highest BCUT2D eigenvalue weighted by molar-refractivity contribution is 6.30. The van der Waals surface area contributed by atoms with Crippen molar-refractivity contribution < 1.29 is 4.74 Å². The number of halogens is 1. The van der Waals surface area contributed by atoms with Crippen LogP contribution in [0.1, 0.15) is 24.0 Å². The maximum atomic E-state index is 5.95. The average Bonchev–Trinajstić information content (AvgIpc) is 2.46. The average molecular weight is 304 g/mol. The van der Waals surface area contributed by atoms with Crippen LogP contribution in [0.3, 0.4) is 0 Å². The Labute approximate surface area is 132 Å². The van der Waals surface area contributed by atoms with E-state index in [-0.39, 0.29) is 0 Å². The van der Waals surface area contributed by atoms with Crippen molar-refractivity contribution in [2.24, 2.45) is 0 Å². The van der Waals surface area contributed by atoms with Gasteiger partial charge in [0, 0.05) is 17.3 Å². The molecule has 0 bridgehead atoms. The van der Waals surface area contributed by atoms with E-state index in [9.17, 15) is 0 Å². The first-order chi connectivity index (χ1) is 10.2. The Balaban J connectivity index is 1.65. The topological polar surface area (TPSA) is 21.3 Å². The summed E-state index contributed by atoms with van der Waals surface area (Å²) < 4.78 is 5.78. The zero-order valence-electron chi connectivity index (χ0n) is 12.7. The molecule has 0 aliphatic heterocycles. The van der Waals surface area contributed by atoms with E-state index in [1.807, 2.05) is 36.4 Å². The number of hydrogen-bond acceptors (Lipinski definition) is 2. The largest absolute Gasteiger partial charge is 0.493 e. The molecule has 0 radical (unpaired) electrons.